The summed E-state index contributed by atoms with van der Waals surface area (Å²) in [6, 6.07) is 14.7. The van der Waals surface area contributed by atoms with E-state index in [1.54, 1.807) is 24.3 Å². The second kappa shape index (κ2) is 10.8. The number of hydrogen-bond acceptors (Lipinski definition) is 4. The summed E-state index contributed by atoms with van der Waals surface area (Å²) in [7, 11) is 4.94. The Kier molecular flexibility index (Phi) is 7.86. The summed E-state index contributed by atoms with van der Waals surface area (Å²) in [6.45, 7) is 0.521. The van der Waals surface area contributed by atoms with Crippen LogP contribution in [-0.2, 0) is 11.3 Å². The van der Waals surface area contributed by atoms with Gasteiger partial charge >= 0.3 is 5.97 Å². The van der Waals surface area contributed by atoms with Crippen LogP contribution < -0.4 is 0 Å². The number of H-pyrrole nitrogens is 1. The first-order valence-corrected chi connectivity index (χ1v) is 10.3. The lowest BCUT2D eigenvalue weighted by Crippen LogP contribution is -2.12. The van der Waals surface area contributed by atoms with Gasteiger partial charge in [0.2, 0.25) is 0 Å². The van der Waals surface area contributed by atoms with E-state index < -0.39 is 11.8 Å². The number of halogens is 3. The van der Waals surface area contributed by atoms with Gasteiger partial charge in [-0.15, -0.1) is 0 Å². The van der Waals surface area contributed by atoms with E-state index in [0.717, 1.165) is 16.5 Å². The van der Waals surface area contributed by atoms with Crippen molar-refractivity contribution in [2.45, 2.75) is 6.54 Å². The lowest BCUT2D eigenvalue weighted by atomic mass is 9.98. The Morgan fingerprint density at radius 2 is 1.68 bits per heavy atom. The molecule has 0 radical (unpaired) electrons. The molecule has 0 aliphatic heterocycles. The van der Waals surface area contributed by atoms with Crippen LogP contribution in [0.15, 0.2) is 60.7 Å². The van der Waals surface area contributed by atoms with Gasteiger partial charge in [-0.3, -0.25) is 4.79 Å². The van der Waals surface area contributed by atoms with Crippen LogP contribution in [0.25, 0.3) is 22.0 Å². The molecule has 34 heavy (non-hydrogen) atoms. The van der Waals surface area contributed by atoms with Crippen molar-refractivity contribution >= 4 is 23.2 Å². The van der Waals surface area contributed by atoms with Gasteiger partial charge in [-0.25, -0.2) is 18.0 Å². The van der Waals surface area contributed by atoms with Crippen LogP contribution in [0, 0.1) is 17.5 Å². The fraction of sp³-hybridized carbons (Fsp3) is 0.154. The number of hydrogen-bond donors (Lipinski definition) is 1. The minimum absolute atomic E-state index is 0.123. The van der Waals surface area contributed by atoms with Crippen LogP contribution in [0.3, 0.4) is 0 Å². The lowest BCUT2D eigenvalue weighted by Gasteiger charge is -2.15. The van der Waals surface area contributed by atoms with Crippen molar-refractivity contribution in [1.82, 2.24) is 9.88 Å². The second-order valence-electron chi connectivity index (χ2n) is 7.80. The normalized spacial score (nSPS) is 10.7. The predicted octanol–water partition coefficient (Wildman–Crippen LogP) is 5.60. The number of aromatic nitrogens is 1. The molecule has 0 saturated carbocycles. The molecule has 0 unspecified atom stereocenters. The first-order valence-electron chi connectivity index (χ1n) is 10.3. The number of nitrogens with one attached hydrogen (secondary N) is 1. The van der Waals surface area contributed by atoms with Gasteiger partial charge in [0.1, 0.15) is 17.5 Å². The predicted molar refractivity (Wildman–Crippen MR) is 124 cm³/mol. The monoisotopic (exact) mass is 468 g/mol. The largest absolute Gasteiger partial charge is 0.465 e. The van der Waals surface area contributed by atoms with Crippen molar-refractivity contribution in [3.05, 3.63) is 94.9 Å². The van der Waals surface area contributed by atoms with Gasteiger partial charge < -0.3 is 14.6 Å². The number of aldehydes is 1. The van der Waals surface area contributed by atoms with Gasteiger partial charge in [0.05, 0.1) is 18.4 Å². The number of fused-ring (bicyclic) bond motifs is 1. The quantitative estimate of drug-likeness (QED) is 0.306. The third kappa shape index (κ3) is 5.90. The standard InChI is InChI=1S/C17H17F2NO2.C9H6FNO/c1-20(2)10-12-8-13(18)5-7-14(12)11-4-6-15(16(19)9-11)17(21)22-3;10-7-2-1-6-3-8(5-12)11-9(6)4-7/h4-9H,10H2,1-3H3;1-5,11H. The molecule has 0 aliphatic carbocycles. The molecule has 8 heteroatoms. The molecule has 176 valence electrons. The van der Waals surface area contributed by atoms with E-state index in [0.29, 0.717) is 29.6 Å². The Labute approximate surface area is 194 Å². The van der Waals surface area contributed by atoms with E-state index in [1.165, 1.54) is 43.5 Å². The van der Waals surface area contributed by atoms with Crippen molar-refractivity contribution < 1.29 is 27.5 Å². The molecule has 5 nitrogen and oxygen atoms in total. The molecule has 3 aromatic carbocycles. The maximum Gasteiger partial charge on any atom is 0.340 e. The van der Waals surface area contributed by atoms with E-state index in [2.05, 4.69) is 9.72 Å². The molecule has 0 bridgehead atoms. The van der Waals surface area contributed by atoms with Crippen LogP contribution in [0.4, 0.5) is 13.2 Å². The molecule has 0 spiro atoms. The number of benzene rings is 3. The van der Waals surface area contributed by atoms with Gasteiger partial charge in [0.15, 0.2) is 6.29 Å². The van der Waals surface area contributed by atoms with E-state index in [4.69, 9.17) is 0 Å². The molecule has 0 amide bonds. The molecule has 0 saturated heterocycles. The van der Waals surface area contributed by atoms with E-state index >= 15 is 0 Å². The van der Waals surface area contributed by atoms with Crippen molar-refractivity contribution in [1.29, 1.82) is 0 Å². The summed E-state index contributed by atoms with van der Waals surface area (Å²) in [6.07, 6.45) is 0.706. The average Bonchev–Trinajstić information content (AvgIpc) is 3.21. The molecule has 0 atom stereocenters. The highest BCUT2D eigenvalue weighted by molar-refractivity contribution is 5.90. The van der Waals surface area contributed by atoms with Gasteiger partial charge in [-0.05, 0) is 79.3 Å². The lowest BCUT2D eigenvalue weighted by molar-refractivity contribution is 0.0595. The number of carbonyl (C=O) groups is 2. The summed E-state index contributed by atoms with van der Waals surface area (Å²) in [4.78, 5) is 26.4. The SMILES string of the molecule is COC(=O)c1ccc(-c2ccc(F)cc2CN(C)C)cc1F.O=Cc1cc2ccc(F)cc2[nH]1. The molecule has 0 aliphatic rings. The minimum atomic E-state index is -0.725. The zero-order valence-electron chi connectivity index (χ0n) is 18.9. The highest BCUT2D eigenvalue weighted by atomic mass is 19.1. The second-order valence-corrected chi connectivity index (χ2v) is 7.80. The molecule has 1 heterocycles. The highest BCUT2D eigenvalue weighted by Gasteiger charge is 2.15. The van der Waals surface area contributed by atoms with E-state index in [-0.39, 0.29) is 17.2 Å². The molecule has 1 N–H and O–H groups in total. The number of aromatic amines is 1. The van der Waals surface area contributed by atoms with Gasteiger partial charge in [0.25, 0.3) is 0 Å². The first kappa shape index (κ1) is 24.7. The van der Waals surface area contributed by atoms with Crippen LogP contribution in [0.2, 0.25) is 0 Å². The van der Waals surface area contributed by atoms with Crippen molar-refractivity contribution in [2.75, 3.05) is 21.2 Å². The maximum absolute atomic E-state index is 14.1. The molecular formula is C26H23F3N2O3. The molecule has 0 fully saturated rings. The number of esters is 1. The fourth-order valence-corrected chi connectivity index (χ4v) is 3.46. The Bertz CT molecular complexity index is 1330. The number of ether oxygens (including phenoxy) is 1. The van der Waals surface area contributed by atoms with Crippen LogP contribution in [0.5, 0.6) is 0 Å². The minimum Gasteiger partial charge on any atom is -0.465 e. The Morgan fingerprint density at radius 1 is 0.971 bits per heavy atom. The Morgan fingerprint density at radius 3 is 2.32 bits per heavy atom. The molecule has 4 aromatic rings. The van der Waals surface area contributed by atoms with E-state index in [1.807, 2.05) is 19.0 Å². The van der Waals surface area contributed by atoms with Gasteiger partial charge in [-0.1, -0.05) is 12.1 Å². The third-order valence-corrected chi connectivity index (χ3v) is 4.97. The van der Waals surface area contributed by atoms with E-state index in [9.17, 15) is 22.8 Å². The zero-order chi connectivity index (χ0) is 24.8. The van der Waals surface area contributed by atoms with Crippen LogP contribution in [-0.4, -0.2) is 43.3 Å². The van der Waals surface area contributed by atoms with Gasteiger partial charge in [-0.2, -0.15) is 0 Å². The zero-order valence-corrected chi connectivity index (χ0v) is 18.9. The maximum atomic E-state index is 14.1. The average molecular weight is 468 g/mol. The summed E-state index contributed by atoms with van der Waals surface area (Å²) in [5.41, 5.74) is 3.05. The summed E-state index contributed by atoms with van der Waals surface area (Å²) < 4.78 is 44.7. The highest BCUT2D eigenvalue weighted by Crippen LogP contribution is 2.27. The fourth-order valence-electron chi connectivity index (χ4n) is 3.46. The Hall–Kier alpha value is -3.91. The van der Waals surface area contributed by atoms with Crippen molar-refractivity contribution in [3.8, 4) is 11.1 Å². The number of methoxy groups -OCH3 is 1. The number of nitrogens with zero attached hydrogens (tertiary/aromatic N) is 1. The third-order valence-electron chi connectivity index (χ3n) is 4.97. The first-order chi connectivity index (χ1) is 16.2. The molecule has 4 rings (SSSR count). The van der Waals surface area contributed by atoms with Crippen LogP contribution in [0.1, 0.15) is 26.4 Å². The summed E-state index contributed by atoms with van der Waals surface area (Å²) in [5, 5.41) is 0.846. The van der Waals surface area contributed by atoms with Crippen molar-refractivity contribution in [3.63, 3.8) is 0 Å². The number of rotatable bonds is 5. The molecule has 1 aromatic heterocycles. The topological polar surface area (TPSA) is 62.4 Å². The Balaban J connectivity index is 0.000000226. The summed E-state index contributed by atoms with van der Waals surface area (Å²) in [5.74, 6) is -2.03. The van der Waals surface area contributed by atoms with Crippen molar-refractivity contribution in [2.24, 2.45) is 0 Å². The smallest absolute Gasteiger partial charge is 0.340 e. The summed E-state index contributed by atoms with van der Waals surface area (Å²) >= 11 is 0. The van der Waals surface area contributed by atoms with Crippen LogP contribution >= 0.6 is 0 Å². The number of carbonyl (C=O) groups excluding carboxylic acids is 2. The van der Waals surface area contributed by atoms with Gasteiger partial charge in [0, 0.05) is 17.4 Å². The molecular weight excluding hydrogens is 445 g/mol.